The van der Waals surface area contributed by atoms with Gasteiger partial charge in [0.25, 0.3) is 5.91 Å². The van der Waals surface area contributed by atoms with Gasteiger partial charge < -0.3 is 30.7 Å². The number of piperazine rings is 1. The van der Waals surface area contributed by atoms with E-state index in [0.717, 1.165) is 56.7 Å². The van der Waals surface area contributed by atoms with E-state index in [9.17, 15) is 9.59 Å². The summed E-state index contributed by atoms with van der Waals surface area (Å²) < 4.78 is 11.5. The second kappa shape index (κ2) is 13.9. The summed E-state index contributed by atoms with van der Waals surface area (Å²) in [5, 5.41) is 6.29. The van der Waals surface area contributed by atoms with E-state index < -0.39 is 0 Å². The van der Waals surface area contributed by atoms with Gasteiger partial charge in [0.05, 0.1) is 11.9 Å². The third kappa shape index (κ3) is 7.92. The fourth-order valence-corrected chi connectivity index (χ4v) is 4.94. The molecule has 2 fully saturated rings. The zero-order chi connectivity index (χ0) is 28.4. The predicted molar refractivity (Wildman–Crippen MR) is 155 cm³/mol. The number of hydrogen-bond donors (Lipinski definition) is 3. The van der Waals surface area contributed by atoms with Crippen molar-refractivity contribution in [1.29, 1.82) is 0 Å². The number of nitrogens with two attached hydrogens (primary N) is 1. The Balaban J connectivity index is 1.08. The van der Waals surface area contributed by atoms with Crippen molar-refractivity contribution in [2.45, 2.75) is 25.5 Å². The van der Waals surface area contributed by atoms with Gasteiger partial charge in [-0.2, -0.15) is 0 Å². The number of nitrogens with one attached hydrogen (secondary N) is 2. The van der Waals surface area contributed by atoms with E-state index in [1.165, 1.54) is 0 Å². The smallest absolute Gasteiger partial charge is 0.410 e. The molecule has 3 heterocycles. The lowest BCUT2D eigenvalue weighted by atomic mass is 10.1. The average molecular weight is 560 g/mol. The van der Waals surface area contributed by atoms with Gasteiger partial charge in [-0.05, 0) is 37.1 Å². The van der Waals surface area contributed by atoms with E-state index in [0.29, 0.717) is 31.1 Å². The molecule has 4 N–H and O–H groups in total. The largest absolute Gasteiger partial charge is 0.492 e. The van der Waals surface area contributed by atoms with E-state index in [2.05, 4.69) is 25.5 Å². The number of piperidine rings is 1. The Kier molecular flexibility index (Phi) is 9.61. The SMILES string of the molecule is Nc1ncc(-c2cccc(OCCN3CCN(C(=O)OCc4ccccc4)CC3)c2)nc1C(=O)N[C@H]1CCCNC1. The number of aromatic nitrogens is 2. The molecular formula is C30H37N7O4. The number of nitrogens with zero attached hydrogens (tertiary/aromatic N) is 4. The highest BCUT2D eigenvalue weighted by molar-refractivity contribution is 5.97. The van der Waals surface area contributed by atoms with E-state index in [1.54, 1.807) is 11.1 Å². The van der Waals surface area contributed by atoms with Crippen molar-refractivity contribution in [1.82, 2.24) is 30.4 Å². The summed E-state index contributed by atoms with van der Waals surface area (Å²) >= 11 is 0. The van der Waals surface area contributed by atoms with Crippen LogP contribution >= 0.6 is 0 Å². The molecule has 5 rings (SSSR count). The first-order valence-electron chi connectivity index (χ1n) is 14.1. The van der Waals surface area contributed by atoms with Crippen LogP contribution in [0.1, 0.15) is 28.9 Å². The Hall–Kier alpha value is -4.22. The summed E-state index contributed by atoms with van der Waals surface area (Å²) in [7, 11) is 0. The molecule has 11 heteroatoms. The summed E-state index contributed by atoms with van der Waals surface area (Å²) in [6.07, 6.45) is 3.22. The zero-order valence-corrected chi connectivity index (χ0v) is 23.1. The number of nitrogen functional groups attached to an aromatic ring is 1. The lowest BCUT2D eigenvalue weighted by Gasteiger charge is -2.33. The average Bonchev–Trinajstić information content (AvgIpc) is 3.01. The van der Waals surface area contributed by atoms with Crippen LogP contribution in [0.5, 0.6) is 5.75 Å². The van der Waals surface area contributed by atoms with Crippen LogP contribution in [0.3, 0.4) is 0 Å². The quantitative estimate of drug-likeness (QED) is 0.361. The predicted octanol–water partition coefficient (Wildman–Crippen LogP) is 2.54. The molecule has 0 aliphatic carbocycles. The summed E-state index contributed by atoms with van der Waals surface area (Å²) in [6.45, 7) is 5.95. The second-order valence-corrected chi connectivity index (χ2v) is 10.3. The van der Waals surface area contributed by atoms with Crippen molar-refractivity contribution in [3.8, 4) is 17.0 Å². The number of benzene rings is 2. The molecule has 0 radical (unpaired) electrons. The lowest BCUT2D eigenvalue weighted by molar-refractivity contribution is 0.0684. The Morgan fingerprint density at radius 3 is 2.68 bits per heavy atom. The second-order valence-electron chi connectivity index (χ2n) is 10.3. The molecule has 1 aromatic heterocycles. The Bertz CT molecular complexity index is 1310. The number of carbonyl (C=O) groups is 2. The van der Waals surface area contributed by atoms with Crippen LogP contribution in [0.25, 0.3) is 11.3 Å². The maximum atomic E-state index is 12.8. The van der Waals surface area contributed by atoms with Gasteiger partial charge in [-0.15, -0.1) is 0 Å². The van der Waals surface area contributed by atoms with Gasteiger partial charge in [0.2, 0.25) is 0 Å². The number of anilines is 1. The molecule has 2 amide bonds. The highest BCUT2D eigenvalue weighted by Crippen LogP contribution is 2.23. The molecule has 1 atom stereocenters. The third-order valence-electron chi connectivity index (χ3n) is 7.29. The summed E-state index contributed by atoms with van der Waals surface area (Å²) in [5.74, 6) is 0.484. The van der Waals surface area contributed by atoms with E-state index in [1.807, 2.05) is 54.6 Å². The van der Waals surface area contributed by atoms with Crippen molar-refractivity contribution in [3.63, 3.8) is 0 Å². The van der Waals surface area contributed by atoms with Crippen LogP contribution < -0.4 is 21.1 Å². The van der Waals surface area contributed by atoms with Crippen molar-refractivity contribution in [2.24, 2.45) is 0 Å². The monoisotopic (exact) mass is 559 g/mol. The number of rotatable bonds is 9. The maximum Gasteiger partial charge on any atom is 0.410 e. The van der Waals surface area contributed by atoms with E-state index >= 15 is 0 Å². The van der Waals surface area contributed by atoms with Crippen molar-refractivity contribution in [2.75, 3.05) is 58.2 Å². The van der Waals surface area contributed by atoms with Crippen LogP contribution in [-0.2, 0) is 11.3 Å². The first-order valence-corrected chi connectivity index (χ1v) is 14.1. The molecule has 2 aliphatic heterocycles. The van der Waals surface area contributed by atoms with Crippen LogP contribution in [0.15, 0.2) is 60.8 Å². The molecule has 2 aliphatic rings. The minimum absolute atomic E-state index is 0.0503. The molecule has 0 spiro atoms. The van der Waals surface area contributed by atoms with Crippen LogP contribution in [0, 0.1) is 0 Å². The van der Waals surface area contributed by atoms with Crippen molar-refractivity contribution >= 4 is 17.8 Å². The summed E-state index contributed by atoms with van der Waals surface area (Å²) in [6, 6.07) is 17.3. The molecule has 11 nitrogen and oxygen atoms in total. The Morgan fingerprint density at radius 2 is 1.90 bits per heavy atom. The fourth-order valence-electron chi connectivity index (χ4n) is 4.94. The first kappa shape index (κ1) is 28.3. The molecule has 41 heavy (non-hydrogen) atoms. The number of amides is 2. The molecule has 216 valence electrons. The normalized spacial score (nSPS) is 17.6. The molecule has 0 unspecified atom stereocenters. The van der Waals surface area contributed by atoms with Crippen molar-refractivity contribution < 1.29 is 19.1 Å². The zero-order valence-electron chi connectivity index (χ0n) is 23.1. The Labute approximate surface area is 240 Å². The maximum absolute atomic E-state index is 12.8. The van der Waals surface area contributed by atoms with E-state index in [-0.39, 0.29) is 36.2 Å². The molecule has 2 saturated heterocycles. The molecule has 2 aromatic carbocycles. The van der Waals surface area contributed by atoms with Gasteiger partial charge in [-0.25, -0.2) is 14.8 Å². The van der Waals surface area contributed by atoms with E-state index in [4.69, 9.17) is 15.2 Å². The summed E-state index contributed by atoms with van der Waals surface area (Å²) in [4.78, 5) is 38.0. The topological polar surface area (TPSA) is 135 Å². The van der Waals surface area contributed by atoms with Crippen LogP contribution in [-0.4, -0.2) is 90.2 Å². The highest BCUT2D eigenvalue weighted by atomic mass is 16.6. The van der Waals surface area contributed by atoms with Gasteiger partial charge >= 0.3 is 6.09 Å². The van der Waals surface area contributed by atoms with Crippen LogP contribution in [0.2, 0.25) is 0 Å². The van der Waals surface area contributed by atoms with Gasteiger partial charge in [0.1, 0.15) is 19.0 Å². The summed E-state index contributed by atoms with van der Waals surface area (Å²) in [5.41, 5.74) is 8.43. The lowest BCUT2D eigenvalue weighted by Crippen LogP contribution is -2.49. The number of hydrogen-bond acceptors (Lipinski definition) is 9. The molecule has 0 bridgehead atoms. The number of ether oxygens (including phenoxy) is 2. The van der Waals surface area contributed by atoms with Gasteiger partial charge in [-0.3, -0.25) is 9.69 Å². The highest BCUT2D eigenvalue weighted by Gasteiger charge is 2.23. The van der Waals surface area contributed by atoms with Gasteiger partial charge in [0.15, 0.2) is 11.5 Å². The number of carbonyl (C=O) groups excluding carboxylic acids is 2. The fraction of sp³-hybridized carbons (Fsp3) is 0.400. The first-order chi connectivity index (χ1) is 20.0. The molecule has 3 aromatic rings. The molecular weight excluding hydrogens is 522 g/mol. The van der Waals surface area contributed by atoms with Crippen LogP contribution in [0.4, 0.5) is 10.6 Å². The van der Waals surface area contributed by atoms with Gasteiger partial charge in [-0.1, -0.05) is 42.5 Å². The minimum Gasteiger partial charge on any atom is -0.492 e. The van der Waals surface area contributed by atoms with Crippen molar-refractivity contribution in [3.05, 3.63) is 72.1 Å². The Morgan fingerprint density at radius 1 is 1.07 bits per heavy atom. The molecule has 0 saturated carbocycles. The standard InChI is InChI=1S/C30H37N7O4/c31-28-27(29(38)34-24-9-5-11-32-19-24)35-26(20-33-28)23-8-4-10-25(18-23)40-17-16-36-12-14-37(15-13-36)30(39)41-21-22-6-2-1-3-7-22/h1-4,6-8,10,18,20,24,32H,5,9,11-17,19,21H2,(H2,31,33)(H,34,38)/t24-/m0/s1. The minimum atomic E-state index is -0.317. The van der Waals surface area contributed by atoms with Gasteiger partial charge in [0, 0.05) is 50.9 Å². The third-order valence-corrected chi connectivity index (χ3v) is 7.29.